The van der Waals surface area contributed by atoms with Gasteiger partial charge in [0, 0.05) is 6.42 Å². The summed E-state index contributed by atoms with van der Waals surface area (Å²) in [4.78, 5) is 11.3. The van der Waals surface area contributed by atoms with Crippen molar-refractivity contribution in [3.05, 3.63) is 35.9 Å². The quantitative estimate of drug-likeness (QED) is 0.765. The van der Waals surface area contributed by atoms with Crippen LogP contribution in [0.4, 0.5) is 4.79 Å². The van der Waals surface area contributed by atoms with E-state index in [-0.39, 0.29) is 17.7 Å². The number of rotatable bonds is 1. The van der Waals surface area contributed by atoms with Crippen LogP contribution in [0.2, 0.25) is 0 Å². The monoisotopic (exact) mass is 205 g/mol. The van der Waals surface area contributed by atoms with Crippen molar-refractivity contribution in [3.63, 3.8) is 0 Å². The normalized spacial score (nSPS) is 24.1. The van der Waals surface area contributed by atoms with Gasteiger partial charge in [-0.05, 0) is 19.4 Å². The van der Waals surface area contributed by atoms with E-state index in [2.05, 4.69) is 5.32 Å². The van der Waals surface area contributed by atoms with Crippen LogP contribution in [0.1, 0.15) is 31.9 Å². The molecule has 3 heteroatoms. The van der Waals surface area contributed by atoms with Gasteiger partial charge in [-0.1, -0.05) is 30.3 Å². The Morgan fingerprint density at radius 2 is 2.00 bits per heavy atom. The van der Waals surface area contributed by atoms with Gasteiger partial charge in [0.05, 0.1) is 6.04 Å². The molecule has 15 heavy (non-hydrogen) atoms. The van der Waals surface area contributed by atoms with Crippen molar-refractivity contribution in [2.75, 3.05) is 0 Å². The molecule has 3 nitrogen and oxygen atoms in total. The highest BCUT2D eigenvalue weighted by Gasteiger charge is 2.34. The van der Waals surface area contributed by atoms with Gasteiger partial charge in [-0.15, -0.1) is 0 Å². The first-order valence-corrected chi connectivity index (χ1v) is 5.11. The second kappa shape index (κ2) is 3.57. The standard InChI is InChI=1S/C12H15NO2/c1-12(2)8-10(13-11(14)15-12)9-6-4-3-5-7-9/h3-7,10H,8H2,1-2H3,(H,13,14). The largest absolute Gasteiger partial charge is 0.443 e. The third-order valence-electron chi connectivity index (χ3n) is 2.56. The van der Waals surface area contributed by atoms with Crippen LogP contribution >= 0.6 is 0 Å². The zero-order chi connectivity index (χ0) is 10.9. The summed E-state index contributed by atoms with van der Waals surface area (Å²) in [5.41, 5.74) is 0.741. The third kappa shape index (κ3) is 2.29. The van der Waals surface area contributed by atoms with Crippen molar-refractivity contribution in [2.45, 2.75) is 31.9 Å². The van der Waals surface area contributed by atoms with Crippen LogP contribution in [-0.2, 0) is 4.74 Å². The first-order chi connectivity index (χ1) is 7.07. The number of carbonyl (C=O) groups excluding carboxylic acids is 1. The van der Waals surface area contributed by atoms with E-state index < -0.39 is 0 Å². The van der Waals surface area contributed by atoms with Gasteiger partial charge in [-0.25, -0.2) is 4.79 Å². The topological polar surface area (TPSA) is 38.3 Å². The number of amides is 1. The van der Waals surface area contributed by atoms with Crippen LogP contribution in [0.25, 0.3) is 0 Å². The lowest BCUT2D eigenvalue weighted by atomic mass is 9.92. The summed E-state index contributed by atoms with van der Waals surface area (Å²) < 4.78 is 5.18. The molecule has 2 rings (SSSR count). The van der Waals surface area contributed by atoms with Gasteiger partial charge in [0.15, 0.2) is 0 Å². The molecule has 0 radical (unpaired) electrons. The summed E-state index contributed by atoms with van der Waals surface area (Å²) in [5.74, 6) is 0. The lowest BCUT2D eigenvalue weighted by molar-refractivity contribution is -0.000272. The van der Waals surface area contributed by atoms with E-state index in [9.17, 15) is 4.79 Å². The molecule has 0 spiro atoms. The Bertz CT molecular complexity index is 359. The maximum Gasteiger partial charge on any atom is 0.408 e. The molecule has 0 aliphatic carbocycles. The summed E-state index contributed by atoms with van der Waals surface area (Å²) in [5, 5.41) is 2.83. The summed E-state index contributed by atoms with van der Waals surface area (Å²) in [6.45, 7) is 3.86. The van der Waals surface area contributed by atoms with Gasteiger partial charge in [-0.3, -0.25) is 0 Å². The van der Waals surface area contributed by atoms with E-state index >= 15 is 0 Å². The molecular formula is C12H15NO2. The molecule has 0 bridgehead atoms. The molecule has 1 N–H and O–H groups in total. The van der Waals surface area contributed by atoms with E-state index in [1.54, 1.807) is 0 Å². The molecule has 1 saturated heterocycles. The maximum atomic E-state index is 11.3. The van der Waals surface area contributed by atoms with Crippen molar-refractivity contribution in [1.29, 1.82) is 0 Å². The summed E-state index contributed by atoms with van der Waals surface area (Å²) in [6, 6.07) is 10.0. The second-order valence-electron chi connectivity index (χ2n) is 4.46. The minimum Gasteiger partial charge on any atom is -0.443 e. The molecule has 1 amide bonds. The predicted molar refractivity (Wildman–Crippen MR) is 57.5 cm³/mol. The average molecular weight is 205 g/mol. The number of cyclic esters (lactones) is 1. The van der Waals surface area contributed by atoms with Crippen molar-refractivity contribution >= 4 is 6.09 Å². The Morgan fingerprint density at radius 1 is 1.33 bits per heavy atom. The zero-order valence-corrected chi connectivity index (χ0v) is 8.99. The minimum absolute atomic E-state index is 0.0578. The number of hydrogen-bond donors (Lipinski definition) is 1. The molecule has 1 fully saturated rings. The van der Waals surface area contributed by atoms with Gasteiger partial charge in [0.25, 0.3) is 0 Å². The van der Waals surface area contributed by atoms with Gasteiger partial charge < -0.3 is 10.1 Å². The van der Waals surface area contributed by atoms with Crippen LogP contribution in [-0.4, -0.2) is 11.7 Å². The second-order valence-corrected chi connectivity index (χ2v) is 4.46. The molecule has 1 aliphatic rings. The van der Waals surface area contributed by atoms with Gasteiger partial charge in [0.1, 0.15) is 5.60 Å². The Labute approximate surface area is 89.4 Å². The molecule has 1 unspecified atom stereocenters. The molecule has 1 aromatic carbocycles. The minimum atomic E-state index is -0.386. The Kier molecular flexibility index (Phi) is 2.39. The fourth-order valence-electron chi connectivity index (χ4n) is 1.89. The fraction of sp³-hybridized carbons (Fsp3) is 0.417. The van der Waals surface area contributed by atoms with Crippen LogP contribution in [0.15, 0.2) is 30.3 Å². The molecule has 80 valence electrons. The molecule has 1 aliphatic heterocycles. The fourth-order valence-corrected chi connectivity index (χ4v) is 1.89. The number of nitrogens with one attached hydrogen (secondary N) is 1. The number of ether oxygens (including phenoxy) is 1. The van der Waals surface area contributed by atoms with Gasteiger partial charge in [0.2, 0.25) is 0 Å². The summed E-state index contributed by atoms with van der Waals surface area (Å²) in [7, 11) is 0. The molecule has 0 aromatic heterocycles. The highest BCUT2D eigenvalue weighted by molar-refractivity contribution is 5.69. The van der Waals surface area contributed by atoms with E-state index in [0.29, 0.717) is 0 Å². The number of carbonyl (C=O) groups is 1. The van der Waals surface area contributed by atoms with Crippen LogP contribution in [0.3, 0.4) is 0 Å². The number of hydrogen-bond acceptors (Lipinski definition) is 2. The first kappa shape index (κ1) is 10.0. The van der Waals surface area contributed by atoms with Crippen molar-refractivity contribution in [1.82, 2.24) is 5.32 Å². The molecule has 1 aromatic rings. The van der Waals surface area contributed by atoms with Gasteiger partial charge >= 0.3 is 6.09 Å². The van der Waals surface area contributed by atoms with Crippen molar-refractivity contribution in [2.24, 2.45) is 0 Å². The van der Waals surface area contributed by atoms with Crippen LogP contribution < -0.4 is 5.32 Å². The molecule has 1 heterocycles. The highest BCUT2D eigenvalue weighted by Crippen LogP contribution is 2.30. The molecule has 0 saturated carbocycles. The molecule has 1 atom stereocenters. The Hall–Kier alpha value is -1.51. The van der Waals surface area contributed by atoms with E-state index in [0.717, 1.165) is 12.0 Å². The van der Waals surface area contributed by atoms with E-state index in [1.807, 2.05) is 44.2 Å². The smallest absolute Gasteiger partial charge is 0.408 e. The number of alkyl carbamates (subject to hydrolysis) is 1. The maximum absolute atomic E-state index is 11.3. The molecular weight excluding hydrogens is 190 g/mol. The van der Waals surface area contributed by atoms with Crippen molar-refractivity contribution in [3.8, 4) is 0 Å². The predicted octanol–water partition coefficient (Wildman–Crippen LogP) is 2.64. The zero-order valence-electron chi connectivity index (χ0n) is 8.99. The summed E-state index contributed by atoms with van der Waals surface area (Å²) >= 11 is 0. The Morgan fingerprint density at radius 3 is 2.60 bits per heavy atom. The lowest BCUT2D eigenvalue weighted by Crippen LogP contribution is -2.45. The van der Waals surface area contributed by atoms with Crippen molar-refractivity contribution < 1.29 is 9.53 Å². The van der Waals surface area contributed by atoms with E-state index in [4.69, 9.17) is 4.74 Å². The third-order valence-corrected chi connectivity index (χ3v) is 2.56. The SMILES string of the molecule is CC1(C)CC(c2ccccc2)NC(=O)O1. The number of benzene rings is 1. The summed E-state index contributed by atoms with van der Waals surface area (Å²) in [6.07, 6.45) is 0.461. The van der Waals surface area contributed by atoms with E-state index in [1.165, 1.54) is 0 Å². The highest BCUT2D eigenvalue weighted by atomic mass is 16.6. The van der Waals surface area contributed by atoms with Crippen LogP contribution in [0.5, 0.6) is 0 Å². The Balaban J connectivity index is 2.20. The first-order valence-electron chi connectivity index (χ1n) is 5.11. The lowest BCUT2D eigenvalue weighted by Gasteiger charge is -2.35. The van der Waals surface area contributed by atoms with Crippen LogP contribution in [0, 0.1) is 0 Å². The van der Waals surface area contributed by atoms with Gasteiger partial charge in [-0.2, -0.15) is 0 Å². The average Bonchev–Trinajstić information content (AvgIpc) is 2.16.